The second kappa shape index (κ2) is 2.65. The maximum absolute atomic E-state index is 10.9. The fraction of sp³-hybridized carbons (Fsp3) is 0.667. The van der Waals surface area contributed by atoms with Crippen LogP contribution in [0.5, 0.6) is 0 Å². The van der Waals surface area contributed by atoms with E-state index in [1.54, 1.807) is 0 Å². The van der Waals surface area contributed by atoms with Crippen LogP contribution in [0, 0.1) is 6.61 Å². The van der Waals surface area contributed by atoms with Gasteiger partial charge in [-0.05, 0) is 0 Å². The van der Waals surface area contributed by atoms with Gasteiger partial charge >= 0.3 is 12.5 Å². The quantitative estimate of drug-likeness (QED) is 0.544. The highest BCUT2D eigenvalue weighted by Crippen LogP contribution is 2.25. The van der Waals surface area contributed by atoms with Gasteiger partial charge < -0.3 is 0 Å². The molecular weight excluding hydrogens is 166 g/mol. The predicted octanol–water partition coefficient (Wildman–Crippen LogP) is 2.25. The van der Waals surface area contributed by atoms with E-state index in [1.165, 1.54) is 0 Å². The van der Waals surface area contributed by atoms with Crippen molar-refractivity contribution in [3.05, 3.63) is 6.61 Å². The number of ether oxygens (including phenoxy) is 1. The molecular formula is C3HF6O. The second-order valence-corrected chi connectivity index (χ2v) is 1.22. The highest BCUT2D eigenvalue weighted by molar-refractivity contribution is 4.61. The van der Waals surface area contributed by atoms with E-state index >= 15 is 0 Å². The van der Waals surface area contributed by atoms with E-state index in [0.29, 0.717) is 0 Å². The predicted molar refractivity (Wildman–Crippen MR) is 17.5 cm³/mol. The van der Waals surface area contributed by atoms with E-state index in [2.05, 4.69) is 4.74 Å². The zero-order valence-corrected chi connectivity index (χ0v) is 4.25. The van der Waals surface area contributed by atoms with Gasteiger partial charge in [0.25, 0.3) is 0 Å². The molecule has 0 fully saturated rings. The van der Waals surface area contributed by atoms with Crippen LogP contribution >= 0.6 is 0 Å². The average molecular weight is 167 g/mol. The Hall–Kier alpha value is -0.460. The summed E-state index contributed by atoms with van der Waals surface area (Å²) < 4.78 is 67.6. The minimum absolute atomic E-state index is 1.23. The van der Waals surface area contributed by atoms with Gasteiger partial charge in [-0.1, -0.05) is 0 Å². The fourth-order valence-corrected chi connectivity index (χ4v) is 0.134. The average Bonchev–Trinajstić information content (AvgIpc) is 1.57. The molecule has 0 heterocycles. The molecule has 0 amide bonds. The van der Waals surface area contributed by atoms with Gasteiger partial charge in [0, 0.05) is 0 Å². The molecule has 1 nitrogen and oxygen atoms in total. The Kier molecular flexibility index (Phi) is 2.53. The summed E-state index contributed by atoms with van der Waals surface area (Å²) in [5.74, 6) is 0. The van der Waals surface area contributed by atoms with Crippen LogP contribution in [0.1, 0.15) is 0 Å². The van der Waals surface area contributed by atoms with Gasteiger partial charge in [0.15, 0.2) is 6.61 Å². The lowest BCUT2D eigenvalue weighted by atomic mass is 10.7. The SMILES string of the molecule is FC(F)(F)[CH]OC(F)(F)F. The molecule has 10 heavy (non-hydrogen) atoms. The first-order valence-corrected chi connectivity index (χ1v) is 1.86. The molecule has 0 N–H and O–H groups in total. The Balaban J connectivity index is 3.56. The Labute approximate surface area is 51.6 Å². The summed E-state index contributed by atoms with van der Waals surface area (Å²) in [5.41, 5.74) is 0. The van der Waals surface area contributed by atoms with Crippen LogP contribution in [0.3, 0.4) is 0 Å². The van der Waals surface area contributed by atoms with E-state index in [4.69, 9.17) is 0 Å². The van der Waals surface area contributed by atoms with E-state index < -0.39 is 19.1 Å². The maximum Gasteiger partial charge on any atom is 0.523 e. The molecule has 0 rings (SSSR count). The van der Waals surface area contributed by atoms with E-state index in [9.17, 15) is 26.3 Å². The minimum atomic E-state index is -5.27. The number of rotatable bonds is 1. The molecule has 0 spiro atoms. The molecule has 0 bridgehead atoms. The number of hydrogen-bond acceptors (Lipinski definition) is 1. The third kappa shape index (κ3) is 7.54. The maximum atomic E-state index is 10.9. The monoisotopic (exact) mass is 167 g/mol. The molecule has 0 unspecified atom stereocenters. The Bertz CT molecular complexity index is 86.5. The molecule has 0 aliphatic rings. The van der Waals surface area contributed by atoms with Gasteiger partial charge in [0.1, 0.15) is 0 Å². The first kappa shape index (κ1) is 9.54. The van der Waals surface area contributed by atoms with Crippen LogP contribution in [0.2, 0.25) is 0 Å². The van der Waals surface area contributed by atoms with Crippen molar-refractivity contribution in [3.8, 4) is 0 Å². The highest BCUT2D eigenvalue weighted by atomic mass is 19.4. The van der Waals surface area contributed by atoms with Crippen LogP contribution in [-0.4, -0.2) is 12.5 Å². The summed E-state index contributed by atoms with van der Waals surface area (Å²) in [6.45, 7) is -1.23. The van der Waals surface area contributed by atoms with Gasteiger partial charge in [-0.2, -0.15) is 13.2 Å². The summed E-state index contributed by atoms with van der Waals surface area (Å²) in [7, 11) is 0. The van der Waals surface area contributed by atoms with Crippen LogP contribution in [0.4, 0.5) is 26.3 Å². The summed E-state index contributed by atoms with van der Waals surface area (Å²) in [5, 5.41) is 0. The minimum Gasteiger partial charge on any atom is -0.276 e. The van der Waals surface area contributed by atoms with Crippen LogP contribution < -0.4 is 0 Å². The number of hydrogen-bond donors (Lipinski definition) is 0. The molecule has 1 radical (unpaired) electrons. The molecule has 61 valence electrons. The Morgan fingerprint density at radius 3 is 1.40 bits per heavy atom. The Morgan fingerprint density at radius 2 is 1.30 bits per heavy atom. The topological polar surface area (TPSA) is 9.23 Å². The molecule has 0 aromatic heterocycles. The van der Waals surface area contributed by atoms with Gasteiger partial charge in [-0.15, -0.1) is 13.2 Å². The van der Waals surface area contributed by atoms with Gasteiger partial charge in [-0.25, -0.2) is 0 Å². The van der Waals surface area contributed by atoms with Crippen molar-refractivity contribution in [1.29, 1.82) is 0 Å². The van der Waals surface area contributed by atoms with E-state index in [1.807, 2.05) is 0 Å². The van der Waals surface area contributed by atoms with Gasteiger partial charge in [-0.3, -0.25) is 4.74 Å². The lowest BCUT2D eigenvalue weighted by molar-refractivity contribution is -0.329. The third-order valence-corrected chi connectivity index (χ3v) is 0.326. The van der Waals surface area contributed by atoms with Crippen molar-refractivity contribution in [2.75, 3.05) is 0 Å². The van der Waals surface area contributed by atoms with Crippen LogP contribution in [-0.2, 0) is 4.74 Å². The van der Waals surface area contributed by atoms with Crippen molar-refractivity contribution in [1.82, 2.24) is 0 Å². The summed E-state index contributed by atoms with van der Waals surface area (Å²) in [6.07, 6.45) is -10.3. The van der Waals surface area contributed by atoms with Gasteiger partial charge in [0.2, 0.25) is 0 Å². The Morgan fingerprint density at radius 1 is 0.900 bits per heavy atom. The molecule has 0 aromatic carbocycles. The van der Waals surface area contributed by atoms with Crippen molar-refractivity contribution >= 4 is 0 Å². The van der Waals surface area contributed by atoms with E-state index in [-0.39, 0.29) is 0 Å². The van der Waals surface area contributed by atoms with Crippen molar-refractivity contribution in [2.45, 2.75) is 12.5 Å². The fourth-order valence-electron chi connectivity index (χ4n) is 0.134. The highest BCUT2D eigenvalue weighted by Gasteiger charge is 2.38. The number of halogens is 6. The van der Waals surface area contributed by atoms with Gasteiger partial charge in [0.05, 0.1) is 0 Å². The smallest absolute Gasteiger partial charge is 0.276 e. The zero-order chi connectivity index (χ0) is 8.41. The first-order valence-electron chi connectivity index (χ1n) is 1.86. The molecule has 7 heteroatoms. The molecule has 0 aliphatic carbocycles. The summed E-state index contributed by atoms with van der Waals surface area (Å²) in [4.78, 5) is 0. The standard InChI is InChI=1S/C3HF6O/c4-2(5,6)1-10-3(7,8)9/h1H. The molecule has 0 atom stereocenters. The molecule has 0 saturated carbocycles. The van der Waals surface area contributed by atoms with Crippen molar-refractivity contribution in [3.63, 3.8) is 0 Å². The third-order valence-electron chi connectivity index (χ3n) is 0.326. The summed E-state index contributed by atoms with van der Waals surface area (Å²) in [6, 6.07) is 0. The molecule has 0 aliphatic heterocycles. The molecule has 0 aromatic rings. The first-order chi connectivity index (χ1) is 4.21. The van der Waals surface area contributed by atoms with Crippen molar-refractivity contribution < 1.29 is 31.1 Å². The lowest BCUT2D eigenvalue weighted by Gasteiger charge is -2.07. The zero-order valence-electron chi connectivity index (χ0n) is 4.25. The summed E-state index contributed by atoms with van der Waals surface area (Å²) >= 11 is 0. The van der Waals surface area contributed by atoms with Crippen LogP contribution in [0.15, 0.2) is 0 Å². The normalized spacial score (nSPS) is 13.8. The lowest BCUT2D eigenvalue weighted by Crippen LogP contribution is -2.19. The van der Waals surface area contributed by atoms with E-state index in [0.717, 1.165) is 0 Å². The molecule has 0 saturated heterocycles. The van der Waals surface area contributed by atoms with Crippen molar-refractivity contribution in [2.24, 2.45) is 0 Å². The second-order valence-electron chi connectivity index (χ2n) is 1.22. The largest absolute Gasteiger partial charge is 0.523 e. The number of alkyl halides is 6. The van der Waals surface area contributed by atoms with Crippen LogP contribution in [0.25, 0.3) is 0 Å².